The maximum Gasteiger partial charge on any atom is 0.356 e. The number of halogens is 3. The summed E-state index contributed by atoms with van der Waals surface area (Å²) in [6.07, 6.45) is 3.68. The molecule has 1 aliphatic rings. The third-order valence-electron chi connectivity index (χ3n) is 5.87. The average Bonchev–Trinajstić information content (AvgIpc) is 3.49. The van der Waals surface area contributed by atoms with Gasteiger partial charge in [-0.05, 0) is 25.5 Å². The SMILES string of the molecule is COc1nc(-c2nnc3n2CCC[C@]3(Oc2cc(F)c(F)c(F)c2)C(=O)O)ccc1-n1cnc(C)c1. The number of fused-ring (bicyclic) bond motifs is 1. The molecule has 0 saturated heterocycles. The molecule has 1 aliphatic heterocycles. The molecule has 0 aliphatic carbocycles. The zero-order valence-electron chi connectivity index (χ0n) is 19.1. The van der Waals surface area contributed by atoms with E-state index < -0.39 is 34.8 Å². The Labute approximate surface area is 202 Å². The summed E-state index contributed by atoms with van der Waals surface area (Å²) < 4.78 is 55.2. The van der Waals surface area contributed by atoms with Gasteiger partial charge in [-0.25, -0.2) is 27.9 Å². The van der Waals surface area contributed by atoms with E-state index in [1.807, 2.05) is 6.92 Å². The molecule has 0 unspecified atom stereocenters. The summed E-state index contributed by atoms with van der Waals surface area (Å²) in [5.74, 6) is -6.19. The first-order valence-electron chi connectivity index (χ1n) is 10.8. The van der Waals surface area contributed by atoms with Gasteiger partial charge in [0.25, 0.3) is 5.60 Å². The second-order valence-corrected chi connectivity index (χ2v) is 8.18. The van der Waals surface area contributed by atoms with E-state index in [9.17, 15) is 23.1 Å². The number of carboxylic acid groups (broad SMARTS) is 1. The Morgan fingerprint density at radius 3 is 2.56 bits per heavy atom. The molecule has 1 atom stereocenters. The molecule has 4 heterocycles. The van der Waals surface area contributed by atoms with Crippen LogP contribution in [0.1, 0.15) is 24.4 Å². The number of carboxylic acids is 1. The molecule has 10 nitrogen and oxygen atoms in total. The zero-order chi connectivity index (χ0) is 25.6. The molecule has 0 spiro atoms. The number of ether oxygens (including phenoxy) is 2. The lowest BCUT2D eigenvalue weighted by atomic mass is 9.92. The van der Waals surface area contributed by atoms with Crippen molar-refractivity contribution in [1.82, 2.24) is 29.3 Å². The molecule has 1 aromatic carbocycles. The largest absolute Gasteiger partial charge is 0.479 e. The topological polar surface area (TPSA) is 117 Å². The van der Waals surface area contributed by atoms with E-state index in [0.717, 1.165) is 5.69 Å². The summed E-state index contributed by atoms with van der Waals surface area (Å²) in [6, 6.07) is 4.59. The van der Waals surface area contributed by atoms with Gasteiger partial charge in [0.15, 0.2) is 29.1 Å². The lowest BCUT2D eigenvalue weighted by Gasteiger charge is -2.33. The molecule has 36 heavy (non-hydrogen) atoms. The van der Waals surface area contributed by atoms with Crippen LogP contribution in [0.25, 0.3) is 17.2 Å². The lowest BCUT2D eigenvalue weighted by molar-refractivity contribution is -0.159. The molecule has 186 valence electrons. The quantitative estimate of drug-likeness (QED) is 0.401. The maximum atomic E-state index is 13.8. The number of imidazole rings is 1. The molecular formula is C23H19F3N6O4. The second-order valence-electron chi connectivity index (χ2n) is 8.18. The maximum absolute atomic E-state index is 13.8. The van der Waals surface area contributed by atoms with Gasteiger partial charge in [0.1, 0.15) is 17.1 Å². The molecule has 4 aromatic rings. The molecule has 0 radical (unpaired) electrons. The molecular weight excluding hydrogens is 481 g/mol. The van der Waals surface area contributed by atoms with Crippen LogP contribution in [0.2, 0.25) is 0 Å². The minimum atomic E-state index is -2.11. The van der Waals surface area contributed by atoms with Crippen molar-refractivity contribution in [2.24, 2.45) is 0 Å². The Balaban J connectivity index is 1.57. The average molecular weight is 500 g/mol. The first-order chi connectivity index (χ1) is 17.2. The summed E-state index contributed by atoms with van der Waals surface area (Å²) in [5, 5.41) is 18.3. The number of hydrogen-bond acceptors (Lipinski definition) is 7. The Morgan fingerprint density at radius 1 is 1.17 bits per heavy atom. The van der Waals surface area contributed by atoms with Gasteiger partial charge in [-0.2, -0.15) is 0 Å². The normalized spacial score (nSPS) is 17.0. The van der Waals surface area contributed by atoms with Crippen molar-refractivity contribution in [3.8, 4) is 28.8 Å². The molecule has 5 rings (SSSR count). The van der Waals surface area contributed by atoms with Gasteiger partial charge in [-0.3, -0.25) is 0 Å². The van der Waals surface area contributed by atoms with E-state index in [2.05, 4.69) is 20.2 Å². The highest BCUT2D eigenvalue weighted by atomic mass is 19.2. The highest BCUT2D eigenvalue weighted by Gasteiger charge is 2.50. The van der Waals surface area contributed by atoms with Gasteiger partial charge in [0.2, 0.25) is 5.88 Å². The number of nitrogens with zero attached hydrogens (tertiary/aromatic N) is 6. The fraction of sp³-hybridized carbons (Fsp3) is 0.261. The van der Waals surface area contributed by atoms with Gasteiger partial charge < -0.3 is 23.7 Å². The van der Waals surface area contributed by atoms with E-state index in [0.29, 0.717) is 36.5 Å². The minimum Gasteiger partial charge on any atom is -0.479 e. The number of carbonyl (C=O) groups is 1. The predicted octanol–water partition coefficient (Wildman–Crippen LogP) is 3.41. The fourth-order valence-corrected chi connectivity index (χ4v) is 4.19. The number of pyridine rings is 1. The molecule has 0 bridgehead atoms. The number of methoxy groups -OCH3 is 1. The molecule has 0 amide bonds. The van der Waals surface area contributed by atoms with Gasteiger partial charge in [-0.15, -0.1) is 10.2 Å². The molecule has 13 heteroatoms. The lowest BCUT2D eigenvalue weighted by Crippen LogP contribution is -2.46. The van der Waals surface area contributed by atoms with E-state index in [4.69, 9.17) is 9.47 Å². The number of aryl methyl sites for hydroxylation is 1. The Bertz CT molecular complexity index is 1460. The summed E-state index contributed by atoms with van der Waals surface area (Å²) in [7, 11) is 1.46. The van der Waals surface area contributed by atoms with Crippen molar-refractivity contribution in [2.45, 2.75) is 31.9 Å². The zero-order valence-corrected chi connectivity index (χ0v) is 19.1. The van der Waals surface area contributed by atoms with E-state index in [1.165, 1.54) is 11.7 Å². The third-order valence-corrected chi connectivity index (χ3v) is 5.87. The number of hydrogen-bond donors (Lipinski definition) is 1. The van der Waals surface area contributed by atoms with Crippen molar-refractivity contribution in [1.29, 1.82) is 0 Å². The van der Waals surface area contributed by atoms with Crippen molar-refractivity contribution >= 4 is 5.97 Å². The van der Waals surface area contributed by atoms with Crippen LogP contribution in [0, 0.1) is 24.4 Å². The smallest absolute Gasteiger partial charge is 0.356 e. The van der Waals surface area contributed by atoms with Crippen LogP contribution in [-0.4, -0.2) is 47.5 Å². The predicted molar refractivity (Wildman–Crippen MR) is 117 cm³/mol. The first-order valence-corrected chi connectivity index (χ1v) is 10.8. The van der Waals surface area contributed by atoms with Gasteiger partial charge >= 0.3 is 5.97 Å². The summed E-state index contributed by atoms with van der Waals surface area (Å²) in [5.41, 5.74) is -0.327. The van der Waals surface area contributed by atoms with Gasteiger partial charge in [-0.1, -0.05) is 0 Å². The Kier molecular flexibility index (Phi) is 5.61. The Hall–Kier alpha value is -4.42. The van der Waals surface area contributed by atoms with Crippen LogP contribution >= 0.6 is 0 Å². The molecule has 1 N–H and O–H groups in total. The number of rotatable bonds is 6. The monoisotopic (exact) mass is 500 g/mol. The second kappa shape index (κ2) is 8.66. The number of benzene rings is 1. The van der Waals surface area contributed by atoms with Crippen LogP contribution < -0.4 is 9.47 Å². The van der Waals surface area contributed by atoms with Crippen molar-refractivity contribution in [3.63, 3.8) is 0 Å². The van der Waals surface area contributed by atoms with E-state index in [-0.39, 0.29) is 23.9 Å². The van der Waals surface area contributed by atoms with Crippen LogP contribution in [0.4, 0.5) is 13.2 Å². The first kappa shape index (κ1) is 23.3. The number of aliphatic carboxylic acids is 1. The van der Waals surface area contributed by atoms with Gasteiger partial charge in [0, 0.05) is 31.3 Å². The highest BCUT2D eigenvalue weighted by Crippen LogP contribution is 2.38. The summed E-state index contributed by atoms with van der Waals surface area (Å²) >= 11 is 0. The molecule has 0 saturated carbocycles. The summed E-state index contributed by atoms with van der Waals surface area (Å²) in [4.78, 5) is 21.1. The van der Waals surface area contributed by atoms with Crippen LogP contribution in [0.3, 0.4) is 0 Å². The summed E-state index contributed by atoms with van der Waals surface area (Å²) in [6.45, 7) is 2.19. The molecule has 3 aromatic heterocycles. The fourth-order valence-electron chi connectivity index (χ4n) is 4.19. The number of aromatic nitrogens is 6. The third kappa shape index (κ3) is 3.72. The van der Waals surface area contributed by atoms with Crippen LogP contribution in [0.15, 0.2) is 36.8 Å². The van der Waals surface area contributed by atoms with E-state index in [1.54, 1.807) is 29.2 Å². The van der Waals surface area contributed by atoms with Crippen molar-refractivity contribution < 1.29 is 32.5 Å². The van der Waals surface area contributed by atoms with Crippen LogP contribution in [0.5, 0.6) is 11.6 Å². The minimum absolute atomic E-state index is 0.0588. The highest BCUT2D eigenvalue weighted by molar-refractivity contribution is 5.79. The van der Waals surface area contributed by atoms with Crippen LogP contribution in [-0.2, 0) is 16.9 Å². The Morgan fingerprint density at radius 2 is 1.92 bits per heavy atom. The van der Waals surface area contributed by atoms with Gasteiger partial charge in [0.05, 0.1) is 19.1 Å². The van der Waals surface area contributed by atoms with Crippen molar-refractivity contribution in [3.05, 3.63) is 65.8 Å². The molecule has 0 fully saturated rings. The van der Waals surface area contributed by atoms with Crippen molar-refractivity contribution in [2.75, 3.05) is 7.11 Å². The van der Waals surface area contributed by atoms with E-state index >= 15 is 0 Å². The standard InChI is InChI=1S/C23H19F3N6O4/c1-12-10-31(11-27-12)17-5-4-16(28-20(17)35-2)19-29-30-21-23(22(33)34,6-3-7-32(19)21)36-13-8-14(24)18(26)15(25)9-13/h4-5,8-11H,3,6-7H2,1-2H3,(H,33,34)/t23-/m1/s1.